The van der Waals surface area contributed by atoms with Crippen LogP contribution in [0.5, 0.6) is 0 Å². The van der Waals surface area contributed by atoms with Crippen molar-refractivity contribution < 1.29 is 9.90 Å². The van der Waals surface area contributed by atoms with Gasteiger partial charge in [0.25, 0.3) is 0 Å². The predicted octanol–water partition coefficient (Wildman–Crippen LogP) is 2.91. The number of hydrogen-bond acceptors (Lipinski definition) is 5. The second kappa shape index (κ2) is 7.85. The summed E-state index contributed by atoms with van der Waals surface area (Å²) in [6, 6.07) is 3.82. The van der Waals surface area contributed by atoms with E-state index in [0.717, 1.165) is 16.3 Å². The lowest BCUT2D eigenvalue weighted by molar-refractivity contribution is -0.121. The Hall–Kier alpha value is -1.79. The van der Waals surface area contributed by atoms with Gasteiger partial charge in [0.2, 0.25) is 5.91 Å². The molecule has 0 saturated heterocycles. The summed E-state index contributed by atoms with van der Waals surface area (Å²) in [7, 11) is 0. The highest BCUT2D eigenvalue weighted by Crippen LogP contribution is 2.25. The molecular weight excluding hydrogens is 322 g/mol. The number of carbonyl (C=O) groups excluding carboxylic acids is 1. The van der Waals surface area contributed by atoms with Crippen LogP contribution in [0.25, 0.3) is 10.6 Å². The molecule has 0 aliphatic rings. The van der Waals surface area contributed by atoms with Crippen molar-refractivity contribution in [1.29, 1.82) is 0 Å². The summed E-state index contributed by atoms with van der Waals surface area (Å²) in [6.07, 6.45) is 3.26. The summed E-state index contributed by atoms with van der Waals surface area (Å²) < 4.78 is 0. The first-order valence-corrected chi connectivity index (χ1v) is 8.97. The molecule has 2 heterocycles. The van der Waals surface area contributed by atoms with E-state index in [1.54, 1.807) is 12.4 Å². The molecule has 0 aliphatic carbocycles. The first-order valence-electron chi connectivity index (χ1n) is 8.09. The summed E-state index contributed by atoms with van der Waals surface area (Å²) in [5.74, 6) is 0.0690. The number of pyridine rings is 1. The molecule has 1 unspecified atom stereocenters. The lowest BCUT2D eigenvalue weighted by Crippen LogP contribution is -2.44. The Kier molecular flexibility index (Phi) is 6.07. The fraction of sp³-hybridized carbons (Fsp3) is 0.500. The minimum atomic E-state index is -0.464. The van der Waals surface area contributed by atoms with Crippen LogP contribution in [0, 0.1) is 11.3 Å². The van der Waals surface area contributed by atoms with Crippen molar-refractivity contribution in [2.45, 2.75) is 40.2 Å². The van der Waals surface area contributed by atoms with Gasteiger partial charge in [0.1, 0.15) is 5.01 Å². The monoisotopic (exact) mass is 347 g/mol. The molecule has 24 heavy (non-hydrogen) atoms. The third-order valence-electron chi connectivity index (χ3n) is 3.98. The van der Waals surface area contributed by atoms with Crippen LogP contribution in [0.4, 0.5) is 0 Å². The van der Waals surface area contributed by atoms with Crippen LogP contribution in [0.1, 0.15) is 33.4 Å². The van der Waals surface area contributed by atoms with E-state index in [1.165, 1.54) is 11.3 Å². The highest BCUT2D eigenvalue weighted by molar-refractivity contribution is 7.13. The van der Waals surface area contributed by atoms with Gasteiger partial charge in [-0.15, -0.1) is 11.3 Å². The molecule has 0 aliphatic heterocycles. The second-order valence-corrected chi connectivity index (χ2v) is 7.87. The van der Waals surface area contributed by atoms with Crippen molar-refractivity contribution in [1.82, 2.24) is 15.3 Å². The third kappa shape index (κ3) is 4.85. The maximum atomic E-state index is 12.2. The Labute approximate surface area is 147 Å². The van der Waals surface area contributed by atoms with Crippen LogP contribution in [-0.2, 0) is 11.2 Å². The summed E-state index contributed by atoms with van der Waals surface area (Å²) in [4.78, 5) is 20.7. The summed E-state index contributed by atoms with van der Waals surface area (Å²) >= 11 is 1.51. The van der Waals surface area contributed by atoms with Gasteiger partial charge in [-0.1, -0.05) is 27.7 Å². The Morgan fingerprint density at radius 1 is 1.42 bits per heavy atom. The first kappa shape index (κ1) is 18.5. The molecule has 0 bridgehead atoms. The van der Waals surface area contributed by atoms with Crippen LogP contribution in [-0.4, -0.2) is 33.6 Å². The number of thiazole rings is 1. The maximum Gasteiger partial charge on any atom is 0.226 e. The minimum absolute atomic E-state index is 0.0814. The Bertz CT molecular complexity index is 668. The zero-order valence-corrected chi connectivity index (χ0v) is 15.4. The fourth-order valence-electron chi connectivity index (χ4n) is 2.57. The average Bonchev–Trinajstić information content (AvgIpc) is 3.01. The van der Waals surface area contributed by atoms with Gasteiger partial charge in [-0.2, -0.15) is 0 Å². The first-order chi connectivity index (χ1) is 11.3. The van der Waals surface area contributed by atoms with E-state index in [0.29, 0.717) is 6.54 Å². The molecule has 1 amide bonds. The van der Waals surface area contributed by atoms with Crippen molar-refractivity contribution in [3.8, 4) is 10.6 Å². The molecule has 2 rings (SSSR count). The van der Waals surface area contributed by atoms with Crippen LogP contribution in [0.3, 0.4) is 0 Å². The third-order valence-corrected chi connectivity index (χ3v) is 4.92. The number of aliphatic hydroxyl groups excluding tert-OH is 1. The van der Waals surface area contributed by atoms with Gasteiger partial charge in [0.15, 0.2) is 0 Å². The van der Waals surface area contributed by atoms with E-state index < -0.39 is 6.10 Å². The molecule has 0 spiro atoms. The number of aromatic nitrogens is 2. The molecule has 2 N–H and O–H groups in total. The van der Waals surface area contributed by atoms with E-state index in [-0.39, 0.29) is 23.7 Å². The molecule has 1 atom stereocenters. The van der Waals surface area contributed by atoms with Gasteiger partial charge in [0.05, 0.1) is 18.2 Å². The minimum Gasteiger partial charge on any atom is -0.392 e. The second-order valence-electron chi connectivity index (χ2n) is 7.02. The SMILES string of the molecule is CC(C)C(O)C(C)(C)CNC(=O)Cc1csc(-c2cccnc2)n1. The zero-order chi connectivity index (χ0) is 17.7. The largest absolute Gasteiger partial charge is 0.392 e. The zero-order valence-electron chi connectivity index (χ0n) is 14.6. The van der Waals surface area contributed by atoms with E-state index in [1.807, 2.05) is 45.2 Å². The van der Waals surface area contributed by atoms with Gasteiger partial charge in [0, 0.05) is 35.3 Å². The van der Waals surface area contributed by atoms with Gasteiger partial charge >= 0.3 is 0 Å². The molecule has 5 nitrogen and oxygen atoms in total. The molecule has 0 saturated carbocycles. The lowest BCUT2D eigenvalue weighted by Gasteiger charge is -2.33. The smallest absolute Gasteiger partial charge is 0.226 e. The molecule has 0 radical (unpaired) electrons. The van der Waals surface area contributed by atoms with Crippen LogP contribution >= 0.6 is 11.3 Å². The molecule has 130 valence electrons. The normalized spacial score (nSPS) is 13.1. The highest BCUT2D eigenvalue weighted by Gasteiger charge is 2.30. The number of rotatable bonds is 7. The maximum absolute atomic E-state index is 12.2. The topological polar surface area (TPSA) is 75.1 Å². The van der Waals surface area contributed by atoms with Crippen molar-refractivity contribution >= 4 is 17.2 Å². The van der Waals surface area contributed by atoms with Crippen LogP contribution < -0.4 is 5.32 Å². The van der Waals surface area contributed by atoms with E-state index >= 15 is 0 Å². The van der Waals surface area contributed by atoms with Crippen molar-refractivity contribution in [3.05, 3.63) is 35.6 Å². The van der Waals surface area contributed by atoms with Crippen molar-refractivity contribution in [2.24, 2.45) is 11.3 Å². The summed E-state index contributed by atoms with van der Waals surface area (Å²) in [5.41, 5.74) is 1.33. The summed E-state index contributed by atoms with van der Waals surface area (Å²) in [6.45, 7) is 8.31. The summed E-state index contributed by atoms with van der Waals surface area (Å²) in [5, 5.41) is 15.9. The van der Waals surface area contributed by atoms with Gasteiger partial charge in [-0.3, -0.25) is 9.78 Å². The van der Waals surface area contributed by atoms with Crippen molar-refractivity contribution in [3.63, 3.8) is 0 Å². The molecule has 0 aromatic carbocycles. The number of nitrogens with one attached hydrogen (secondary N) is 1. The Morgan fingerprint density at radius 2 is 2.17 bits per heavy atom. The molecule has 0 fully saturated rings. The van der Waals surface area contributed by atoms with E-state index in [2.05, 4.69) is 15.3 Å². The van der Waals surface area contributed by atoms with Gasteiger partial charge in [-0.05, 0) is 18.1 Å². The highest BCUT2D eigenvalue weighted by atomic mass is 32.1. The molecular formula is C18H25N3O2S. The van der Waals surface area contributed by atoms with Crippen molar-refractivity contribution in [2.75, 3.05) is 6.54 Å². The van der Waals surface area contributed by atoms with Gasteiger partial charge in [-0.25, -0.2) is 4.98 Å². The number of aliphatic hydroxyl groups is 1. The Balaban J connectivity index is 1.90. The number of nitrogens with zero attached hydrogens (tertiary/aromatic N) is 2. The quantitative estimate of drug-likeness (QED) is 0.807. The molecule has 6 heteroatoms. The molecule has 2 aromatic heterocycles. The number of hydrogen-bond donors (Lipinski definition) is 2. The average molecular weight is 347 g/mol. The standard InChI is InChI=1S/C18H25N3O2S/c1-12(2)16(23)18(3,4)11-20-15(22)8-14-10-24-17(21-14)13-6-5-7-19-9-13/h5-7,9-10,12,16,23H,8,11H2,1-4H3,(H,20,22). The number of carbonyl (C=O) groups is 1. The van der Waals surface area contributed by atoms with E-state index in [4.69, 9.17) is 0 Å². The number of amides is 1. The van der Waals surface area contributed by atoms with Crippen LogP contribution in [0.2, 0.25) is 0 Å². The Morgan fingerprint density at radius 3 is 2.79 bits per heavy atom. The fourth-order valence-corrected chi connectivity index (χ4v) is 3.38. The van der Waals surface area contributed by atoms with E-state index in [9.17, 15) is 9.90 Å². The predicted molar refractivity (Wildman–Crippen MR) is 96.7 cm³/mol. The lowest BCUT2D eigenvalue weighted by atomic mass is 9.80. The molecule has 2 aromatic rings. The van der Waals surface area contributed by atoms with Crippen LogP contribution in [0.15, 0.2) is 29.9 Å². The van der Waals surface area contributed by atoms with Gasteiger partial charge < -0.3 is 10.4 Å².